The number of esters is 1. The lowest BCUT2D eigenvalue weighted by molar-refractivity contribution is 0.0600. The van der Waals surface area contributed by atoms with E-state index in [-0.39, 0.29) is 5.97 Å². The molecule has 0 amide bonds. The van der Waals surface area contributed by atoms with Gasteiger partial charge in [-0.05, 0) is 29.8 Å². The Morgan fingerprint density at radius 3 is 2.82 bits per heavy atom. The van der Waals surface area contributed by atoms with Gasteiger partial charge in [-0.25, -0.2) is 4.79 Å². The van der Waals surface area contributed by atoms with Gasteiger partial charge in [0, 0.05) is 12.6 Å². The summed E-state index contributed by atoms with van der Waals surface area (Å²) in [7, 11) is 2.99. The van der Waals surface area contributed by atoms with Gasteiger partial charge in [0.15, 0.2) is 5.65 Å². The van der Waals surface area contributed by atoms with Gasteiger partial charge >= 0.3 is 5.97 Å². The maximum atomic E-state index is 11.5. The van der Waals surface area contributed by atoms with Crippen molar-refractivity contribution in [3.05, 3.63) is 59.5 Å². The lowest BCUT2D eigenvalue weighted by Gasteiger charge is -2.04. The van der Waals surface area contributed by atoms with Crippen molar-refractivity contribution in [3.8, 4) is 5.75 Å². The van der Waals surface area contributed by atoms with Crippen molar-refractivity contribution in [3.63, 3.8) is 0 Å². The van der Waals surface area contributed by atoms with Crippen LogP contribution in [0.4, 0.5) is 0 Å². The lowest BCUT2D eigenvalue weighted by atomic mass is 10.1. The van der Waals surface area contributed by atoms with Crippen LogP contribution in [0, 0.1) is 0 Å². The zero-order valence-corrected chi connectivity index (χ0v) is 12.3. The fourth-order valence-corrected chi connectivity index (χ4v) is 2.27. The zero-order valence-electron chi connectivity index (χ0n) is 12.3. The smallest absolute Gasteiger partial charge is 0.338 e. The largest absolute Gasteiger partial charge is 0.497 e. The number of aromatic nitrogens is 3. The number of benzene rings is 1. The molecule has 3 aromatic rings. The summed E-state index contributed by atoms with van der Waals surface area (Å²) in [5.41, 5.74) is 2.14. The SMILES string of the molecule is COC(=O)c1ccn2c(Cc3cccc(OC)c3)nnc2c1. The van der Waals surface area contributed by atoms with Gasteiger partial charge in [0.05, 0.1) is 19.8 Å². The minimum Gasteiger partial charge on any atom is -0.497 e. The number of pyridine rings is 1. The quantitative estimate of drug-likeness (QED) is 0.690. The molecule has 6 heteroatoms. The highest BCUT2D eigenvalue weighted by molar-refractivity contribution is 5.90. The standard InChI is InChI=1S/C16H15N3O3/c1-21-13-5-3-4-11(8-13)9-14-17-18-15-10-12(16(20)22-2)6-7-19(14)15/h3-8,10H,9H2,1-2H3. The van der Waals surface area contributed by atoms with Gasteiger partial charge < -0.3 is 9.47 Å². The van der Waals surface area contributed by atoms with Crippen LogP contribution in [0.2, 0.25) is 0 Å². The molecule has 0 spiro atoms. The van der Waals surface area contributed by atoms with Gasteiger partial charge in [-0.1, -0.05) is 12.1 Å². The van der Waals surface area contributed by atoms with E-state index in [9.17, 15) is 4.79 Å². The molecule has 0 N–H and O–H groups in total. The summed E-state index contributed by atoms with van der Waals surface area (Å²) in [6.07, 6.45) is 2.40. The van der Waals surface area contributed by atoms with Crippen LogP contribution in [0.5, 0.6) is 5.75 Å². The van der Waals surface area contributed by atoms with Crippen molar-refractivity contribution in [1.29, 1.82) is 0 Å². The summed E-state index contributed by atoms with van der Waals surface area (Å²) >= 11 is 0. The van der Waals surface area contributed by atoms with E-state index in [0.29, 0.717) is 17.6 Å². The van der Waals surface area contributed by atoms with Gasteiger partial charge in [0.1, 0.15) is 11.6 Å². The summed E-state index contributed by atoms with van der Waals surface area (Å²) in [5, 5.41) is 8.30. The van der Waals surface area contributed by atoms with Gasteiger partial charge in [-0.3, -0.25) is 4.40 Å². The van der Waals surface area contributed by atoms with Crippen LogP contribution in [0.3, 0.4) is 0 Å². The monoisotopic (exact) mass is 297 g/mol. The number of hydrogen-bond acceptors (Lipinski definition) is 5. The number of carbonyl (C=O) groups is 1. The molecule has 6 nitrogen and oxygen atoms in total. The minimum atomic E-state index is -0.389. The Hall–Kier alpha value is -2.89. The van der Waals surface area contributed by atoms with E-state index >= 15 is 0 Å². The molecule has 3 rings (SSSR count). The third kappa shape index (κ3) is 2.63. The Bertz CT molecular complexity index is 826. The molecule has 1 aromatic carbocycles. The van der Waals surface area contributed by atoms with E-state index in [1.54, 1.807) is 25.4 Å². The summed E-state index contributed by atoms with van der Waals surface area (Å²) in [5.74, 6) is 1.21. The average Bonchev–Trinajstić information content (AvgIpc) is 2.96. The fraction of sp³-hybridized carbons (Fsp3) is 0.188. The first-order chi connectivity index (χ1) is 10.7. The highest BCUT2D eigenvalue weighted by Crippen LogP contribution is 2.16. The van der Waals surface area contributed by atoms with Crippen LogP contribution < -0.4 is 4.74 Å². The van der Waals surface area contributed by atoms with Crippen molar-refractivity contribution in [1.82, 2.24) is 14.6 Å². The Morgan fingerprint density at radius 1 is 1.18 bits per heavy atom. The molecule has 0 aliphatic carbocycles. The Labute approximate surface area is 127 Å². The maximum Gasteiger partial charge on any atom is 0.338 e. The number of fused-ring (bicyclic) bond motifs is 1. The van der Waals surface area contributed by atoms with Crippen molar-refractivity contribution < 1.29 is 14.3 Å². The molecular formula is C16H15N3O3. The van der Waals surface area contributed by atoms with E-state index in [1.165, 1.54) is 7.11 Å². The molecule has 0 saturated heterocycles. The summed E-state index contributed by atoms with van der Waals surface area (Å²) < 4.78 is 11.8. The Balaban J connectivity index is 1.93. The number of ether oxygens (including phenoxy) is 2. The van der Waals surface area contributed by atoms with E-state index in [4.69, 9.17) is 9.47 Å². The van der Waals surface area contributed by atoms with Crippen LogP contribution in [0.15, 0.2) is 42.6 Å². The molecule has 0 bridgehead atoms. The van der Waals surface area contributed by atoms with E-state index in [2.05, 4.69) is 10.2 Å². The van der Waals surface area contributed by atoms with E-state index in [0.717, 1.165) is 17.1 Å². The van der Waals surface area contributed by atoms with Crippen LogP contribution in [0.1, 0.15) is 21.7 Å². The number of methoxy groups -OCH3 is 2. The second-order valence-corrected chi connectivity index (χ2v) is 4.78. The van der Waals surface area contributed by atoms with Crippen molar-refractivity contribution in [2.45, 2.75) is 6.42 Å². The molecule has 0 aliphatic heterocycles. The first kappa shape index (κ1) is 14.1. The predicted molar refractivity (Wildman–Crippen MR) is 80.1 cm³/mol. The van der Waals surface area contributed by atoms with Crippen LogP contribution >= 0.6 is 0 Å². The van der Waals surface area contributed by atoms with Crippen molar-refractivity contribution in [2.75, 3.05) is 14.2 Å². The molecule has 22 heavy (non-hydrogen) atoms. The Kier molecular flexibility index (Phi) is 3.74. The van der Waals surface area contributed by atoms with Crippen LogP contribution in [0.25, 0.3) is 5.65 Å². The molecule has 0 fully saturated rings. The number of hydrogen-bond donors (Lipinski definition) is 0. The van der Waals surface area contributed by atoms with Crippen molar-refractivity contribution in [2.24, 2.45) is 0 Å². The predicted octanol–water partition coefficient (Wildman–Crippen LogP) is 2.12. The molecule has 0 saturated carbocycles. The lowest BCUT2D eigenvalue weighted by Crippen LogP contribution is -2.03. The molecule has 0 aliphatic rings. The fourth-order valence-electron chi connectivity index (χ4n) is 2.27. The van der Waals surface area contributed by atoms with Crippen LogP contribution in [-0.2, 0) is 11.2 Å². The molecule has 0 atom stereocenters. The topological polar surface area (TPSA) is 65.7 Å². The Morgan fingerprint density at radius 2 is 2.05 bits per heavy atom. The summed E-state index contributed by atoms with van der Waals surface area (Å²) in [6, 6.07) is 11.2. The van der Waals surface area contributed by atoms with E-state index < -0.39 is 0 Å². The minimum absolute atomic E-state index is 0.389. The van der Waals surface area contributed by atoms with Gasteiger partial charge in [0.2, 0.25) is 0 Å². The molecule has 0 radical (unpaired) electrons. The number of nitrogens with zero attached hydrogens (tertiary/aromatic N) is 3. The first-order valence-corrected chi connectivity index (χ1v) is 6.76. The maximum absolute atomic E-state index is 11.5. The first-order valence-electron chi connectivity index (χ1n) is 6.76. The number of carbonyl (C=O) groups excluding carboxylic acids is 1. The molecular weight excluding hydrogens is 282 g/mol. The third-order valence-corrected chi connectivity index (χ3v) is 3.40. The van der Waals surface area contributed by atoms with Gasteiger partial charge in [-0.2, -0.15) is 0 Å². The third-order valence-electron chi connectivity index (χ3n) is 3.40. The highest BCUT2D eigenvalue weighted by atomic mass is 16.5. The van der Waals surface area contributed by atoms with Gasteiger partial charge in [-0.15, -0.1) is 10.2 Å². The molecule has 2 aromatic heterocycles. The van der Waals surface area contributed by atoms with Crippen molar-refractivity contribution >= 4 is 11.6 Å². The molecule has 2 heterocycles. The highest BCUT2D eigenvalue weighted by Gasteiger charge is 2.11. The normalized spacial score (nSPS) is 10.6. The van der Waals surface area contributed by atoms with E-state index in [1.807, 2.05) is 28.7 Å². The second-order valence-electron chi connectivity index (χ2n) is 4.78. The summed E-state index contributed by atoms with van der Waals surface area (Å²) in [4.78, 5) is 11.5. The average molecular weight is 297 g/mol. The summed E-state index contributed by atoms with van der Waals surface area (Å²) in [6.45, 7) is 0. The second kappa shape index (κ2) is 5.85. The zero-order chi connectivity index (χ0) is 15.5. The molecule has 112 valence electrons. The van der Waals surface area contributed by atoms with Crippen LogP contribution in [-0.4, -0.2) is 34.8 Å². The number of rotatable bonds is 4. The molecule has 0 unspecified atom stereocenters. The van der Waals surface area contributed by atoms with Gasteiger partial charge in [0.25, 0.3) is 0 Å².